The molecule has 0 aliphatic carbocycles. The lowest BCUT2D eigenvalue weighted by atomic mass is 9.86. The molecule has 2 rings (SSSR count). The van der Waals surface area contributed by atoms with Gasteiger partial charge in [0.15, 0.2) is 0 Å². The molecule has 0 aromatic heterocycles. The second-order valence-corrected chi connectivity index (χ2v) is 6.13. The maximum atomic E-state index is 11.4. The molecule has 0 bridgehead atoms. The lowest BCUT2D eigenvalue weighted by molar-refractivity contribution is 0.0424. The molecule has 0 radical (unpaired) electrons. The van der Waals surface area contributed by atoms with E-state index < -0.39 is 5.60 Å². The molecule has 2 aromatic carbocycles. The van der Waals surface area contributed by atoms with Crippen LogP contribution >= 0.6 is 0 Å². The molecule has 0 heterocycles. The normalized spacial score (nSPS) is 12.1. The fraction of sp³-hybridized carbons (Fsp3) is 0.368. The van der Waals surface area contributed by atoms with Gasteiger partial charge in [-0.25, -0.2) is 0 Å². The van der Waals surface area contributed by atoms with Gasteiger partial charge in [0.25, 0.3) is 0 Å². The molecule has 3 heteroatoms. The van der Waals surface area contributed by atoms with Gasteiger partial charge in [0.05, 0.1) is 0 Å². The lowest BCUT2D eigenvalue weighted by Crippen LogP contribution is -2.42. The van der Waals surface area contributed by atoms with Crippen LogP contribution < -0.4 is 0 Å². The van der Waals surface area contributed by atoms with E-state index in [0.717, 1.165) is 24.2 Å². The van der Waals surface area contributed by atoms with Gasteiger partial charge in [-0.2, -0.15) is 0 Å². The highest BCUT2D eigenvalue weighted by molar-refractivity contribution is 5.36. The van der Waals surface area contributed by atoms with Crippen molar-refractivity contribution in [2.45, 2.75) is 5.60 Å². The van der Waals surface area contributed by atoms with Gasteiger partial charge in [0.2, 0.25) is 0 Å². The van der Waals surface area contributed by atoms with Crippen LogP contribution in [0.2, 0.25) is 0 Å². The smallest absolute Gasteiger partial charge is 0.127 e. The molecular formula is C19H26N2O. The molecule has 0 amide bonds. The first-order valence-electron chi connectivity index (χ1n) is 7.69. The molecule has 0 unspecified atom stereocenters. The minimum atomic E-state index is -0.996. The van der Waals surface area contributed by atoms with Crippen molar-refractivity contribution >= 4 is 0 Å². The van der Waals surface area contributed by atoms with Crippen LogP contribution in [0.15, 0.2) is 60.7 Å². The maximum Gasteiger partial charge on any atom is 0.127 e. The zero-order chi connectivity index (χ0) is 16.0. The Kier molecular flexibility index (Phi) is 5.72. The quantitative estimate of drug-likeness (QED) is 0.850. The predicted molar refractivity (Wildman–Crippen MR) is 91.9 cm³/mol. The SMILES string of the molecule is CN(C)CCN(C)CC(O)(c1ccccc1)c1ccccc1. The van der Waals surface area contributed by atoms with E-state index in [4.69, 9.17) is 0 Å². The summed E-state index contributed by atoms with van der Waals surface area (Å²) in [4.78, 5) is 4.33. The summed E-state index contributed by atoms with van der Waals surface area (Å²) in [6.07, 6.45) is 0. The summed E-state index contributed by atoms with van der Waals surface area (Å²) in [5.41, 5.74) is 0.861. The molecule has 0 aliphatic heterocycles. The van der Waals surface area contributed by atoms with Crippen LogP contribution in [0.1, 0.15) is 11.1 Å². The molecule has 0 fully saturated rings. The Bertz CT molecular complexity index is 515. The fourth-order valence-corrected chi connectivity index (χ4v) is 2.62. The van der Waals surface area contributed by atoms with Crippen molar-refractivity contribution in [2.75, 3.05) is 40.8 Å². The summed E-state index contributed by atoms with van der Waals surface area (Å²) in [5.74, 6) is 0. The maximum absolute atomic E-state index is 11.4. The zero-order valence-electron chi connectivity index (χ0n) is 13.7. The highest BCUT2D eigenvalue weighted by Gasteiger charge is 2.32. The molecule has 3 nitrogen and oxygen atoms in total. The minimum absolute atomic E-state index is 0.564. The van der Waals surface area contributed by atoms with E-state index in [1.54, 1.807) is 0 Å². The topological polar surface area (TPSA) is 26.7 Å². The summed E-state index contributed by atoms with van der Waals surface area (Å²) in [5, 5.41) is 11.4. The first-order valence-corrected chi connectivity index (χ1v) is 7.69. The largest absolute Gasteiger partial charge is 0.379 e. The highest BCUT2D eigenvalue weighted by atomic mass is 16.3. The zero-order valence-corrected chi connectivity index (χ0v) is 13.7. The second-order valence-electron chi connectivity index (χ2n) is 6.13. The van der Waals surface area contributed by atoms with E-state index in [1.807, 2.05) is 60.7 Å². The van der Waals surface area contributed by atoms with Gasteiger partial charge in [0, 0.05) is 19.6 Å². The average Bonchev–Trinajstić information content (AvgIpc) is 2.54. The van der Waals surface area contributed by atoms with Crippen molar-refractivity contribution in [3.05, 3.63) is 71.8 Å². The van der Waals surface area contributed by atoms with Crippen LogP contribution in [-0.4, -0.2) is 55.7 Å². The van der Waals surface area contributed by atoms with Crippen LogP contribution in [0.25, 0.3) is 0 Å². The van der Waals surface area contributed by atoms with Crippen molar-refractivity contribution in [1.29, 1.82) is 0 Å². The summed E-state index contributed by atoms with van der Waals surface area (Å²) in [6, 6.07) is 19.8. The van der Waals surface area contributed by atoms with Gasteiger partial charge in [-0.1, -0.05) is 60.7 Å². The van der Waals surface area contributed by atoms with Gasteiger partial charge < -0.3 is 14.9 Å². The number of nitrogens with zero attached hydrogens (tertiary/aromatic N) is 2. The van der Waals surface area contributed by atoms with Crippen LogP contribution in [0.5, 0.6) is 0 Å². The molecule has 0 saturated carbocycles. The van der Waals surface area contributed by atoms with Crippen LogP contribution in [0, 0.1) is 0 Å². The van der Waals surface area contributed by atoms with Crippen molar-refractivity contribution < 1.29 is 5.11 Å². The predicted octanol–water partition coefficient (Wildman–Crippen LogP) is 2.42. The fourth-order valence-electron chi connectivity index (χ4n) is 2.62. The van der Waals surface area contributed by atoms with Crippen molar-refractivity contribution in [3.63, 3.8) is 0 Å². The number of aliphatic hydroxyl groups is 1. The third-order valence-electron chi connectivity index (χ3n) is 3.93. The lowest BCUT2D eigenvalue weighted by Gasteiger charge is -2.34. The molecule has 118 valence electrons. The Labute approximate surface area is 133 Å². The Hall–Kier alpha value is -1.68. The van der Waals surface area contributed by atoms with Crippen molar-refractivity contribution in [3.8, 4) is 0 Å². The molecule has 22 heavy (non-hydrogen) atoms. The average molecular weight is 298 g/mol. The Balaban J connectivity index is 2.27. The van der Waals surface area contributed by atoms with E-state index in [1.165, 1.54) is 0 Å². The molecule has 0 spiro atoms. The molecule has 0 aliphatic rings. The van der Waals surface area contributed by atoms with Gasteiger partial charge in [0.1, 0.15) is 5.60 Å². The number of rotatable bonds is 7. The summed E-state index contributed by atoms with van der Waals surface area (Å²) < 4.78 is 0. The molecule has 2 aromatic rings. The Morgan fingerprint density at radius 2 is 1.23 bits per heavy atom. The van der Waals surface area contributed by atoms with Gasteiger partial charge >= 0.3 is 0 Å². The van der Waals surface area contributed by atoms with E-state index in [-0.39, 0.29) is 0 Å². The summed E-state index contributed by atoms with van der Waals surface area (Å²) in [6.45, 7) is 2.44. The first kappa shape index (κ1) is 16.7. The molecule has 0 atom stereocenters. The highest BCUT2D eigenvalue weighted by Crippen LogP contribution is 2.30. The van der Waals surface area contributed by atoms with Crippen LogP contribution in [0.4, 0.5) is 0 Å². The summed E-state index contributed by atoms with van der Waals surface area (Å²) in [7, 11) is 6.18. The van der Waals surface area contributed by atoms with Crippen LogP contribution in [0.3, 0.4) is 0 Å². The van der Waals surface area contributed by atoms with E-state index in [0.29, 0.717) is 6.54 Å². The molecule has 1 N–H and O–H groups in total. The molecular weight excluding hydrogens is 272 g/mol. The third kappa shape index (κ3) is 4.17. The number of hydrogen-bond acceptors (Lipinski definition) is 3. The van der Waals surface area contributed by atoms with Gasteiger partial charge in [-0.05, 0) is 32.3 Å². The van der Waals surface area contributed by atoms with Gasteiger partial charge in [-0.3, -0.25) is 0 Å². The summed E-state index contributed by atoms with van der Waals surface area (Å²) >= 11 is 0. The van der Waals surface area contributed by atoms with Gasteiger partial charge in [-0.15, -0.1) is 0 Å². The number of hydrogen-bond donors (Lipinski definition) is 1. The third-order valence-corrected chi connectivity index (χ3v) is 3.93. The van der Waals surface area contributed by atoms with E-state index >= 15 is 0 Å². The Morgan fingerprint density at radius 1 is 0.773 bits per heavy atom. The first-order chi connectivity index (χ1) is 10.5. The van der Waals surface area contributed by atoms with E-state index in [9.17, 15) is 5.11 Å². The minimum Gasteiger partial charge on any atom is -0.379 e. The number of likely N-dealkylation sites (N-methyl/N-ethyl adjacent to an activating group) is 2. The van der Waals surface area contributed by atoms with Crippen molar-refractivity contribution in [2.24, 2.45) is 0 Å². The Morgan fingerprint density at radius 3 is 1.64 bits per heavy atom. The molecule has 0 saturated heterocycles. The standard InChI is InChI=1S/C19H26N2O/c1-20(2)14-15-21(3)16-19(22,17-10-6-4-7-11-17)18-12-8-5-9-13-18/h4-13,22H,14-16H2,1-3H3. The van der Waals surface area contributed by atoms with Crippen molar-refractivity contribution in [1.82, 2.24) is 9.80 Å². The van der Waals surface area contributed by atoms with Crippen LogP contribution in [-0.2, 0) is 5.60 Å². The number of benzene rings is 2. The monoisotopic (exact) mass is 298 g/mol. The second kappa shape index (κ2) is 7.54. The van der Waals surface area contributed by atoms with E-state index in [2.05, 4.69) is 30.9 Å².